The molecule has 0 radical (unpaired) electrons. The van der Waals surface area contributed by atoms with Gasteiger partial charge in [0.1, 0.15) is 23.0 Å². The molecule has 3 spiro atoms. The number of para-hydroxylation sites is 4. The van der Waals surface area contributed by atoms with Gasteiger partial charge in [0.25, 0.3) is 0 Å². The second-order valence-corrected chi connectivity index (χ2v) is 25.5. The molecular formula is C78H87N3O11. The summed E-state index contributed by atoms with van der Waals surface area (Å²) in [5.41, 5.74) is 7.85. The second kappa shape index (κ2) is 27.2. The summed E-state index contributed by atoms with van der Waals surface area (Å²) in [6.45, 7) is 25.7. The minimum atomic E-state index is -0.619. The topological polar surface area (TPSA) is 135 Å². The number of anilines is 3. The summed E-state index contributed by atoms with van der Waals surface area (Å²) in [5.74, 6) is 3.32. The number of ether oxygens (including phenoxy) is 8. The van der Waals surface area contributed by atoms with Crippen LogP contribution in [0.15, 0.2) is 184 Å². The third-order valence-electron chi connectivity index (χ3n) is 19.0. The number of carbonyl (C=O) groups excluding carboxylic acids is 3. The van der Waals surface area contributed by atoms with Gasteiger partial charge in [-0.3, -0.25) is 0 Å². The fourth-order valence-corrected chi connectivity index (χ4v) is 13.7. The molecule has 0 saturated heterocycles. The normalized spacial score (nSPS) is 20.2. The molecule has 0 aromatic heterocycles. The molecule has 3 atom stereocenters. The van der Waals surface area contributed by atoms with Crippen molar-refractivity contribution >= 4 is 53.2 Å². The zero-order chi connectivity index (χ0) is 65.5. The van der Waals surface area contributed by atoms with Gasteiger partial charge in [0, 0.05) is 73.1 Å². The predicted molar refractivity (Wildman–Crippen MR) is 366 cm³/mol. The second-order valence-electron chi connectivity index (χ2n) is 25.5. The van der Waals surface area contributed by atoms with E-state index in [2.05, 4.69) is 200 Å². The number of esters is 3. The zero-order valence-electron chi connectivity index (χ0n) is 54.8. The number of nitrogens with zero attached hydrogens (tertiary/aromatic N) is 3. The van der Waals surface area contributed by atoms with Gasteiger partial charge in [-0.05, 0) is 207 Å². The van der Waals surface area contributed by atoms with Gasteiger partial charge in [0.15, 0.2) is 11.5 Å². The lowest BCUT2D eigenvalue weighted by Crippen LogP contribution is -2.58. The summed E-state index contributed by atoms with van der Waals surface area (Å²) in [4.78, 5) is 40.1. The SMILES string of the molecule is C=CC(=O)OCCCCCCOc1ccc2c(c1)C=CC1(O2)N(C)c2ccccc2C1(C)C.C=CC(=O)OCCCCCCOc1cccc2c1OC1(C=C2)N(C)c2ccccc2C1(C)C.C=CC(=O)Oc1ccc2c(c1)C=CC1(O2)N(C)c2ccccc2C1(C)C. The largest absolute Gasteiger partial charge is 0.494 e. The number of carbonyl (C=O) groups is 3. The van der Waals surface area contributed by atoms with E-state index >= 15 is 0 Å². The number of unbranched alkanes of at least 4 members (excludes halogenated alkanes) is 6. The molecule has 0 bridgehead atoms. The summed E-state index contributed by atoms with van der Waals surface area (Å²) in [6.07, 6.45) is 23.9. The van der Waals surface area contributed by atoms with E-state index in [-0.39, 0.29) is 28.2 Å². The van der Waals surface area contributed by atoms with Crippen LogP contribution in [0.5, 0.6) is 34.5 Å². The van der Waals surface area contributed by atoms with Gasteiger partial charge in [-0.1, -0.05) is 86.5 Å². The van der Waals surface area contributed by atoms with Crippen LogP contribution >= 0.6 is 0 Å². The van der Waals surface area contributed by atoms with Gasteiger partial charge in [0.05, 0.1) is 42.7 Å². The van der Waals surface area contributed by atoms with Crippen LogP contribution in [0.25, 0.3) is 18.2 Å². The van der Waals surface area contributed by atoms with E-state index < -0.39 is 23.1 Å². The highest BCUT2D eigenvalue weighted by atomic mass is 16.6. The van der Waals surface area contributed by atoms with E-state index in [0.717, 1.165) is 103 Å². The first kappa shape index (κ1) is 65.5. The third kappa shape index (κ3) is 12.3. The van der Waals surface area contributed by atoms with E-state index in [0.29, 0.717) is 32.2 Å². The van der Waals surface area contributed by atoms with E-state index in [1.807, 2.05) is 48.5 Å². The van der Waals surface area contributed by atoms with Crippen molar-refractivity contribution in [3.05, 3.63) is 217 Å². The van der Waals surface area contributed by atoms with Crippen molar-refractivity contribution in [3.8, 4) is 34.5 Å². The van der Waals surface area contributed by atoms with Crippen molar-refractivity contribution in [3.63, 3.8) is 0 Å². The van der Waals surface area contributed by atoms with E-state index in [1.165, 1.54) is 45.9 Å². The maximum Gasteiger partial charge on any atom is 0.335 e. The Kier molecular flexibility index (Phi) is 19.4. The molecule has 6 aromatic carbocycles. The lowest BCUT2D eigenvalue weighted by Gasteiger charge is -2.46. The van der Waals surface area contributed by atoms with Crippen molar-refractivity contribution < 1.29 is 52.3 Å². The van der Waals surface area contributed by atoms with Crippen LogP contribution in [-0.2, 0) is 40.1 Å². The van der Waals surface area contributed by atoms with E-state index in [9.17, 15) is 14.4 Å². The van der Waals surface area contributed by atoms with Crippen molar-refractivity contribution in [2.75, 3.05) is 62.3 Å². The first-order valence-corrected chi connectivity index (χ1v) is 31.9. The summed E-state index contributed by atoms with van der Waals surface area (Å²) in [6, 6.07) is 42.9. The Balaban J connectivity index is 0.000000152. The molecule has 6 aliphatic heterocycles. The Morgan fingerprint density at radius 2 is 0.815 bits per heavy atom. The molecule has 480 valence electrons. The van der Waals surface area contributed by atoms with Gasteiger partial charge in [-0.15, -0.1) is 0 Å². The summed E-state index contributed by atoms with van der Waals surface area (Å²) in [7, 11) is 6.26. The molecule has 6 aliphatic rings. The average molecular weight is 1240 g/mol. The molecule has 0 amide bonds. The molecule has 14 heteroatoms. The highest BCUT2D eigenvalue weighted by Gasteiger charge is 2.60. The minimum absolute atomic E-state index is 0.203. The number of hydrogen-bond donors (Lipinski definition) is 0. The summed E-state index contributed by atoms with van der Waals surface area (Å²) < 4.78 is 47.4. The quantitative estimate of drug-likeness (QED) is 0.0310. The zero-order valence-corrected chi connectivity index (χ0v) is 54.8. The maximum atomic E-state index is 11.4. The molecule has 92 heavy (non-hydrogen) atoms. The van der Waals surface area contributed by atoms with Crippen molar-refractivity contribution in [1.29, 1.82) is 0 Å². The van der Waals surface area contributed by atoms with Crippen LogP contribution in [0.4, 0.5) is 17.1 Å². The molecule has 0 saturated carbocycles. The number of likely N-dealkylation sites (N-methyl/N-ethyl adjacent to an activating group) is 3. The number of rotatable bonds is 20. The van der Waals surface area contributed by atoms with Crippen molar-refractivity contribution in [2.45, 2.75) is 126 Å². The minimum Gasteiger partial charge on any atom is -0.494 e. The van der Waals surface area contributed by atoms with Crippen LogP contribution in [0.2, 0.25) is 0 Å². The molecule has 3 unspecified atom stereocenters. The van der Waals surface area contributed by atoms with E-state index in [1.54, 1.807) is 12.1 Å². The van der Waals surface area contributed by atoms with Gasteiger partial charge in [0.2, 0.25) is 17.2 Å². The fraction of sp³-hybridized carbons (Fsp3) is 0.346. The smallest absolute Gasteiger partial charge is 0.335 e. The average Bonchev–Trinajstić information content (AvgIpc) is 1.56. The van der Waals surface area contributed by atoms with Gasteiger partial charge >= 0.3 is 17.9 Å². The monoisotopic (exact) mass is 1240 g/mol. The molecular weight excluding hydrogens is 1150 g/mol. The Morgan fingerprint density at radius 3 is 1.26 bits per heavy atom. The third-order valence-corrected chi connectivity index (χ3v) is 19.0. The molecule has 6 heterocycles. The maximum absolute atomic E-state index is 11.4. The lowest BCUT2D eigenvalue weighted by molar-refractivity contribution is -0.138. The van der Waals surface area contributed by atoms with Crippen LogP contribution in [-0.4, -0.2) is 82.7 Å². The Hall–Kier alpha value is -9.43. The first-order chi connectivity index (χ1) is 44.2. The van der Waals surface area contributed by atoms with E-state index in [4.69, 9.17) is 37.9 Å². The molecule has 0 fully saturated rings. The standard InChI is InChI=1S/2C28H33NO4.C22H21NO3/c1-5-25(30)32-20-11-7-6-10-19-31-24-16-12-13-21-17-18-28(33-26(21)24)27(2,3)22-14-8-9-15-23(22)29(28)4;1-5-26(30)32-19-11-7-6-10-18-31-22-14-15-25-21(20-22)16-17-28(33-25)27(2,3)23-12-8-9-13-24(23)29(28)4;1-5-20(24)25-16-10-11-19-15(14-16)12-13-22(26-19)21(2,3)17-8-6-7-9-18(17)23(22)4/h5,8-9,12-18H,1,6-7,10-11,19-20H2,2-4H3;5,8-9,12-17,20H,1,6-7,10-11,18-19H2,2-4H3;5-14H,1H2,2-4H3. The fourth-order valence-electron chi connectivity index (χ4n) is 13.7. The highest BCUT2D eigenvalue weighted by molar-refractivity contribution is 5.84. The number of benzene rings is 6. The first-order valence-electron chi connectivity index (χ1n) is 31.9. The Morgan fingerprint density at radius 1 is 0.424 bits per heavy atom. The lowest BCUT2D eigenvalue weighted by atomic mass is 9.76. The van der Waals surface area contributed by atoms with Crippen LogP contribution in [0.1, 0.15) is 126 Å². The van der Waals surface area contributed by atoms with Gasteiger partial charge in [-0.25, -0.2) is 14.4 Å². The number of fused-ring (bicyclic) bond motifs is 6. The molecule has 0 N–H and O–H groups in total. The molecule has 12 rings (SSSR count). The summed E-state index contributed by atoms with van der Waals surface area (Å²) >= 11 is 0. The molecule has 0 aliphatic carbocycles. The summed E-state index contributed by atoms with van der Waals surface area (Å²) in [5, 5.41) is 0. The van der Waals surface area contributed by atoms with Crippen LogP contribution in [0.3, 0.4) is 0 Å². The number of hydrogen-bond acceptors (Lipinski definition) is 14. The highest BCUT2D eigenvalue weighted by Crippen LogP contribution is 2.58. The van der Waals surface area contributed by atoms with Crippen molar-refractivity contribution in [1.82, 2.24) is 0 Å². The van der Waals surface area contributed by atoms with Crippen LogP contribution < -0.4 is 43.1 Å². The molecule has 6 aromatic rings. The Labute approximate surface area is 543 Å². The predicted octanol–water partition coefficient (Wildman–Crippen LogP) is 16.1. The Bertz CT molecular complexity index is 3830. The van der Waals surface area contributed by atoms with Gasteiger partial charge in [-0.2, -0.15) is 0 Å². The molecule has 14 nitrogen and oxygen atoms in total. The van der Waals surface area contributed by atoms with Crippen molar-refractivity contribution in [2.24, 2.45) is 0 Å². The van der Waals surface area contributed by atoms with Gasteiger partial charge < -0.3 is 52.6 Å². The van der Waals surface area contributed by atoms with Crippen LogP contribution in [0, 0.1) is 0 Å².